The maximum absolute atomic E-state index is 4.46. The molecule has 0 saturated heterocycles. The molecule has 1 aromatic carbocycles. The van der Waals surface area contributed by atoms with E-state index >= 15 is 0 Å². The second kappa shape index (κ2) is 6.87. The number of imidazole rings is 1. The number of rotatable bonds is 6. The second-order valence-corrected chi connectivity index (χ2v) is 5.43. The Kier molecular flexibility index (Phi) is 5.16. The molecule has 0 saturated carbocycles. The average Bonchev–Trinajstić information content (AvgIpc) is 2.86. The van der Waals surface area contributed by atoms with Crippen molar-refractivity contribution < 1.29 is 0 Å². The van der Waals surface area contributed by atoms with Crippen molar-refractivity contribution in [3.63, 3.8) is 0 Å². The maximum atomic E-state index is 4.46. The Hall–Kier alpha value is -1.13. The van der Waals surface area contributed by atoms with Crippen LogP contribution in [0.25, 0.3) is 5.69 Å². The largest absolute Gasteiger partial charge is 0.313 e. The normalized spacial score (nSPS) is 10.9. The first-order chi connectivity index (χ1) is 9.26. The fourth-order valence-electron chi connectivity index (χ4n) is 2.13. The monoisotopic (exact) mass is 321 g/mol. The van der Waals surface area contributed by atoms with E-state index in [1.807, 2.05) is 12.4 Å². The Balaban J connectivity index is 2.40. The van der Waals surface area contributed by atoms with Gasteiger partial charge in [-0.15, -0.1) is 0 Å². The zero-order valence-corrected chi connectivity index (χ0v) is 13.1. The van der Waals surface area contributed by atoms with Crippen molar-refractivity contribution in [2.75, 3.05) is 6.54 Å². The molecule has 0 aliphatic carbocycles. The van der Waals surface area contributed by atoms with Crippen molar-refractivity contribution in [2.45, 2.75) is 33.2 Å². The molecule has 0 bridgehead atoms. The molecule has 102 valence electrons. The quantitative estimate of drug-likeness (QED) is 0.879. The summed E-state index contributed by atoms with van der Waals surface area (Å²) in [5.41, 5.74) is 2.50. The van der Waals surface area contributed by atoms with E-state index in [1.54, 1.807) is 0 Å². The van der Waals surface area contributed by atoms with Crippen LogP contribution in [0, 0.1) is 0 Å². The first-order valence-electron chi connectivity index (χ1n) is 6.78. The van der Waals surface area contributed by atoms with E-state index < -0.39 is 0 Å². The number of nitrogens with zero attached hydrogens (tertiary/aromatic N) is 2. The molecule has 0 radical (unpaired) electrons. The van der Waals surface area contributed by atoms with Gasteiger partial charge in [-0.25, -0.2) is 4.98 Å². The van der Waals surface area contributed by atoms with Crippen LogP contribution in [0.15, 0.2) is 35.1 Å². The minimum atomic E-state index is 0.878. The van der Waals surface area contributed by atoms with Crippen LogP contribution < -0.4 is 5.32 Å². The second-order valence-electron chi connectivity index (χ2n) is 4.52. The van der Waals surface area contributed by atoms with Crippen LogP contribution in [0.5, 0.6) is 0 Å². The molecule has 0 aliphatic rings. The third-order valence-electron chi connectivity index (χ3n) is 3.06. The van der Waals surface area contributed by atoms with Crippen molar-refractivity contribution in [3.8, 4) is 5.69 Å². The van der Waals surface area contributed by atoms with Gasteiger partial charge in [0.1, 0.15) is 5.82 Å². The molecule has 2 aromatic rings. The fourth-order valence-corrected chi connectivity index (χ4v) is 2.48. The Morgan fingerprint density at radius 1 is 1.32 bits per heavy atom. The van der Waals surface area contributed by atoms with Gasteiger partial charge in [0.2, 0.25) is 0 Å². The molecule has 1 heterocycles. The van der Waals surface area contributed by atoms with E-state index in [9.17, 15) is 0 Å². The van der Waals surface area contributed by atoms with Crippen molar-refractivity contribution in [1.29, 1.82) is 0 Å². The SMILES string of the molecule is CCCc1nccn1-c1cc(Br)ccc1CNCC. The summed E-state index contributed by atoms with van der Waals surface area (Å²) in [5, 5.41) is 3.39. The molecule has 2 rings (SSSR count). The summed E-state index contributed by atoms with van der Waals surface area (Å²) in [6, 6.07) is 6.41. The van der Waals surface area contributed by atoms with E-state index in [4.69, 9.17) is 0 Å². The smallest absolute Gasteiger partial charge is 0.113 e. The number of hydrogen-bond acceptors (Lipinski definition) is 2. The van der Waals surface area contributed by atoms with Crippen molar-refractivity contribution in [3.05, 3.63) is 46.5 Å². The van der Waals surface area contributed by atoms with Crippen molar-refractivity contribution in [2.24, 2.45) is 0 Å². The zero-order chi connectivity index (χ0) is 13.7. The van der Waals surface area contributed by atoms with Gasteiger partial charge in [0.25, 0.3) is 0 Å². The fraction of sp³-hybridized carbons (Fsp3) is 0.400. The predicted octanol–water partition coefficient (Wildman–Crippen LogP) is 3.70. The molecule has 0 spiro atoms. The topological polar surface area (TPSA) is 29.9 Å². The lowest BCUT2D eigenvalue weighted by Gasteiger charge is -2.14. The summed E-state index contributed by atoms with van der Waals surface area (Å²) in [5.74, 6) is 1.12. The van der Waals surface area contributed by atoms with E-state index in [0.29, 0.717) is 0 Å². The van der Waals surface area contributed by atoms with Crippen LogP contribution in [0.2, 0.25) is 0 Å². The third kappa shape index (κ3) is 3.45. The van der Waals surface area contributed by atoms with E-state index in [2.05, 4.69) is 62.8 Å². The third-order valence-corrected chi connectivity index (χ3v) is 3.56. The summed E-state index contributed by atoms with van der Waals surface area (Å²) in [4.78, 5) is 4.46. The summed E-state index contributed by atoms with van der Waals surface area (Å²) < 4.78 is 3.29. The van der Waals surface area contributed by atoms with Gasteiger partial charge in [0.15, 0.2) is 0 Å². The average molecular weight is 322 g/mol. The molecule has 0 amide bonds. The Morgan fingerprint density at radius 3 is 2.89 bits per heavy atom. The van der Waals surface area contributed by atoms with Gasteiger partial charge in [0.05, 0.1) is 5.69 Å². The number of aromatic nitrogens is 2. The van der Waals surface area contributed by atoms with Crippen LogP contribution in [-0.4, -0.2) is 16.1 Å². The highest BCUT2D eigenvalue weighted by Gasteiger charge is 2.09. The molecule has 0 aliphatic heterocycles. The summed E-state index contributed by atoms with van der Waals surface area (Å²) in [6.07, 6.45) is 6.03. The lowest BCUT2D eigenvalue weighted by molar-refractivity contribution is 0.718. The molecular weight excluding hydrogens is 302 g/mol. The van der Waals surface area contributed by atoms with Gasteiger partial charge < -0.3 is 9.88 Å². The molecule has 3 nitrogen and oxygen atoms in total. The molecule has 0 unspecified atom stereocenters. The van der Waals surface area contributed by atoms with E-state index in [1.165, 1.54) is 11.3 Å². The van der Waals surface area contributed by atoms with Crippen molar-refractivity contribution >= 4 is 15.9 Å². The first kappa shape index (κ1) is 14.3. The van der Waals surface area contributed by atoms with Crippen LogP contribution in [-0.2, 0) is 13.0 Å². The molecule has 1 aromatic heterocycles. The van der Waals surface area contributed by atoms with Gasteiger partial charge in [-0.3, -0.25) is 0 Å². The minimum absolute atomic E-state index is 0.878. The highest BCUT2D eigenvalue weighted by atomic mass is 79.9. The van der Waals surface area contributed by atoms with Crippen LogP contribution >= 0.6 is 15.9 Å². The maximum Gasteiger partial charge on any atom is 0.113 e. The molecule has 4 heteroatoms. The minimum Gasteiger partial charge on any atom is -0.313 e. The standard InChI is InChI=1S/C15H20BrN3/c1-3-5-15-18-8-9-19(15)14-10-13(16)7-6-12(14)11-17-4-2/h6-10,17H,3-5,11H2,1-2H3. The van der Waals surface area contributed by atoms with Gasteiger partial charge in [-0.05, 0) is 30.7 Å². The van der Waals surface area contributed by atoms with E-state index in [0.717, 1.165) is 36.2 Å². The summed E-state index contributed by atoms with van der Waals surface area (Å²) in [6.45, 7) is 6.15. The first-order valence-corrected chi connectivity index (χ1v) is 7.57. The van der Waals surface area contributed by atoms with Crippen LogP contribution in [0.4, 0.5) is 0 Å². The highest BCUT2D eigenvalue weighted by molar-refractivity contribution is 9.10. The molecule has 1 N–H and O–H groups in total. The summed E-state index contributed by atoms with van der Waals surface area (Å²) in [7, 11) is 0. The number of nitrogens with one attached hydrogen (secondary N) is 1. The Morgan fingerprint density at radius 2 is 2.16 bits per heavy atom. The van der Waals surface area contributed by atoms with Gasteiger partial charge in [-0.1, -0.05) is 35.8 Å². The van der Waals surface area contributed by atoms with Gasteiger partial charge in [0, 0.05) is 29.8 Å². The number of halogens is 1. The molecular formula is C15H20BrN3. The lowest BCUT2D eigenvalue weighted by Crippen LogP contribution is -2.14. The molecule has 0 atom stereocenters. The van der Waals surface area contributed by atoms with Crippen molar-refractivity contribution in [1.82, 2.24) is 14.9 Å². The number of aryl methyl sites for hydroxylation is 1. The Labute approximate surface area is 123 Å². The van der Waals surface area contributed by atoms with E-state index in [-0.39, 0.29) is 0 Å². The lowest BCUT2D eigenvalue weighted by atomic mass is 10.1. The number of hydrogen-bond donors (Lipinski definition) is 1. The zero-order valence-electron chi connectivity index (χ0n) is 11.5. The van der Waals surface area contributed by atoms with Crippen LogP contribution in [0.3, 0.4) is 0 Å². The molecule has 19 heavy (non-hydrogen) atoms. The number of benzene rings is 1. The predicted molar refractivity (Wildman–Crippen MR) is 82.6 cm³/mol. The van der Waals surface area contributed by atoms with Gasteiger partial charge in [-0.2, -0.15) is 0 Å². The van der Waals surface area contributed by atoms with Gasteiger partial charge >= 0.3 is 0 Å². The highest BCUT2D eigenvalue weighted by Crippen LogP contribution is 2.22. The molecule has 0 fully saturated rings. The van der Waals surface area contributed by atoms with Crippen LogP contribution in [0.1, 0.15) is 31.7 Å². The summed E-state index contributed by atoms with van der Waals surface area (Å²) >= 11 is 3.56. The Bertz CT molecular complexity index is 534.